The van der Waals surface area contributed by atoms with E-state index in [-0.39, 0.29) is 0 Å². The Morgan fingerprint density at radius 3 is 1.56 bits per heavy atom. The van der Waals surface area contributed by atoms with Crippen molar-refractivity contribution in [1.82, 2.24) is 0 Å². The number of fused-ring (bicyclic) bond motifs is 7. The van der Waals surface area contributed by atoms with Crippen molar-refractivity contribution >= 4 is 80.9 Å². The van der Waals surface area contributed by atoms with Gasteiger partial charge in [-0.2, -0.15) is 0 Å². The second kappa shape index (κ2) is 15.0. The van der Waals surface area contributed by atoms with E-state index in [0.717, 1.165) is 17.1 Å². The van der Waals surface area contributed by atoms with Crippen molar-refractivity contribution < 1.29 is 0 Å². The van der Waals surface area contributed by atoms with E-state index >= 15 is 0 Å². The monoisotopic (exact) mass is 805 g/mol. The van der Waals surface area contributed by atoms with Crippen molar-refractivity contribution in [2.24, 2.45) is 0 Å². The molecule has 0 radical (unpaired) electrons. The van der Waals surface area contributed by atoms with Crippen LogP contribution >= 0.6 is 11.3 Å². The maximum atomic E-state index is 2.55. The van der Waals surface area contributed by atoms with Crippen molar-refractivity contribution in [3.8, 4) is 44.5 Å². The number of thiophene rings is 1. The third-order valence-corrected chi connectivity index (χ3v) is 13.6. The number of anilines is 3. The summed E-state index contributed by atoms with van der Waals surface area (Å²) in [4.78, 5) is 2.55. The van der Waals surface area contributed by atoms with Crippen LogP contribution in [0.4, 0.5) is 17.1 Å². The Morgan fingerprint density at radius 1 is 0.274 bits per heavy atom. The summed E-state index contributed by atoms with van der Waals surface area (Å²) in [5, 5.41) is 9.94. The molecule has 0 aliphatic carbocycles. The van der Waals surface area contributed by atoms with Crippen molar-refractivity contribution in [2.45, 2.75) is 0 Å². The zero-order valence-electron chi connectivity index (χ0n) is 33.9. The fraction of sp³-hybridized carbons (Fsp3) is 0. The smallest absolute Gasteiger partial charge is 0.0625 e. The van der Waals surface area contributed by atoms with Crippen LogP contribution in [0.15, 0.2) is 237 Å². The van der Waals surface area contributed by atoms with Gasteiger partial charge in [0.15, 0.2) is 0 Å². The second-order valence-electron chi connectivity index (χ2n) is 16.0. The van der Waals surface area contributed by atoms with Gasteiger partial charge in [-0.25, -0.2) is 0 Å². The summed E-state index contributed by atoms with van der Waals surface area (Å²) in [6, 6.07) is 87.0. The Morgan fingerprint density at radius 2 is 0.790 bits per heavy atom. The van der Waals surface area contributed by atoms with Gasteiger partial charge >= 0.3 is 0 Å². The maximum absolute atomic E-state index is 2.55. The minimum Gasteiger partial charge on any atom is -0.309 e. The summed E-state index contributed by atoms with van der Waals surface area (Å²) in [6.07, 6.45) is 0. The number of hydrogen-bond donors (Lipinski definition) is 0. The second-order valence-corrected chi connectivity index (χ2v) is 17.1. The van der Waals surface area contributed by atoms with Crippen LogP contribution in [0, 0.1) is 0 Å². The Hall–Kier alpha value is -7.78. The van der Waals surface area contributed by atoms with Crippen LogP contribution in [0.2, 0.25) is 0 Å². The molecule has 12 rings (SSSR count). The lowest BCUT2D eigenvalue weighted by Crippen LogP contribution is -2.13. The molecule has 1 aromatic heterocycles. The maximum Gasteiger partial charge on any atom is 0.0625 e. The first kappa shape index (κ1) is 36.1. The molecule has 1 heterocycles. The number of rotatable bonds is 7. The highest BCUT2D eigenvalue weighted by atomic mass is 32.1. The van der Waals surface area contributed by atoms with Crippen molar-refractivity contribution in [2.75, 3.05) is 4.90 Å². The Labute approximate surface area is 365 Å². The SMILES string of the molecule is c1ccc(-c2ccc(-c3ccc(N(c4ccc5c(c4)sc4ccccc45)c4c(-c5cccc6ccccc56)c5ccccc5c5ccccc45)cc3-c3ccccc3)cc2)cc1. The topological polar surface area (TPSA) is 3.24 Å². The molecule has 11 aromatic carbocycles. The van der Waals surface area contributed by atoms with Gasteiger partial charge in [0, 0.05) is 42.5 Å². The van der Waals surface area contributed by atoms with Crippen LogP contribution in [0.1, 0.15) is 0 Å². The van der Waals surface area contributed by atoms with Crippen LogP contribution < -0.4 is 4.90 Å². The molecule has 0 fully saturated rings. The minimum atomic E-state index is 1.09. The third-order valence-electron chi connectivity index (χ3n) is 12.5. The lowest BCUT2D eigenvalue weighted by molar-refractivity contribution is 1.31. The largest absolute Gasteiger partial charge is 0.309 e. The van der Waals surface area contributed by atoms with Gasteiger partial charge in [-0.15, -0.1) is 11.3 Å². The molecule has 12 aromatic rings. The molecule has 0 aliphatic rings. The van der Waals surface area contributed by atoms with E-state index in [1.165, 1.54) is 97.0 Å². The zero-order valence-corrected chi connectivity index (χ0v) is 34.7. The molecule has 0 spiro atoms. The highest BCUT2D eigenvalue weighted by molar-refractivity contribution is 7.25. The fourth-order valence-corrected chi connectivity index (χ4v) is 10.7. The Kier molecular flexibility index (Phi) is 8.76. The molecule has 0 bridgehead atoms. The average molecular weight is 806 g/mol. The summed E-state index contributed by atoms with van der Waals surface area (Å²) in [5.41, 5.74) is 13.0. The molecule has 0 N–H and O–H groups in total. The standard InChI is InChI=1S/C60H39NS/c1-3-16-40(17-4-1)41-30-32-44(33-31-41)48-36-34-45(38-56(48)43-18-5-2-6-19-43)61(46-35-37-52-51-25-13-14-29-57(51)62-58(52)39-46)60-55-27-12-10-24-50(55)49-23-9-11-26-54(49)59(60)53-28-15-21-42-20-7-8-22-47(42)53/h1-39H. The predicted octanol–water partition coefficient (Wildman–Crippen LogP) is 17.7. The van der Waals surface area contributed by atoms with Gasteiger partial charge in [0.2, 0.25) is 0 Å². The number of benzene rings is 11. The molecule has 0 saturated carbocycles. The van der Waals surface area contributed by atoms with E-state index in [1.54, 1.807) is 0 Å². The van der Waals surface area contributed by atoms with E-state index in [9.17, 15) is 0 Å². The van der Waals surface area contributed by atoms with Crippen LogP contribution in [-0.4, -0.2) is 0 Å². The summed E-state index contributed by atoms with van der Waals surface area (Å²) in [5.74, 6) is 0. The lowest BCUT2D eigenvalue weighted by atomic mass is 9.87. The molecule has 290 valence electrons. The summed E-state index contributed by atoms with van der Waals surface area (Å²) in [6.45, 7) is 0. The van der Waals surface area contributed by atoms with E-state index in [2.05, 4.69) is 241 Å². The number of hydrogen-bond acceptors (Lipinski definition) is 2. The first-order chi connectivity index (χ1) is 30.8. The van der Waals surface area contributed by atoms with Crippen molar-refractivity contribution in [3.05, 3.63) is 237 Å². The Bertz CT molecular complexity index is 3620. The number of nitrogens with zero attached hydrogens (tertiary/aromatic N) is 1. The Balaban J connectivity index is 1.18. The van der Waals surface area contributed by atoms with Gasteiger partial charge in [0.25, 0.3) is 0 Å². The van der Waals surface area contributed by atoms with E-state index in [0.29, 0.717) is 0 Å². The molecule has 0 amide bonds. The molecule has 1 nitrogen and oxygen atoms in total. The molecule has 0 atom stereocenters. The van der Waals surface area contributed by atoms with Gasteiger partial charge in [-0.05, 0) is 96.2 Å². The summed E-state index contributed by atoms with van der Waals surface area (Å²) < 4.78 is 2.57. The highest BCUT2D eigenvalue weighted by Gasteiger charge is 2.26. The van der Waals surface area contributed by atoms with Gasteiger partial charge in [0.1, 0.15) is 0 Å². The average Bonchev–Trinajstić information content (AvgIpc) is 3.73. The van der Waals surface area contributed by atoms with Crippen LogP contribution in [0.25, 0.3) is 97.0 Å². The summed E-state index contributed by atoms with van der Waals surface area (Å²) in [7, 11) is 0. The van der Waals surface area contributed by atoms with Gasteiger partial charge in [-0.3, -0.25) is 0 Å². The van der Waals surface area contributed by atoms with Crippen LogP contribution in [0.5, 0.6) is 0 Å². The van der Waals surface area contributed by atoms with Gasteiger partial charge < -0.3 is 4.90 Å². The minimum absolute atomic E-state index is 1.09. The van der Waals surface area contributed by atoms with Crippen LogP contribution in [0.3, 0.4) is 0 Å². The molecule has 62 heavy (non-hydrogen) atoms. The molecule has 0 unspecified atom stereocenters. The van der Waals surface area contributed by atoms with E-state index < -0.39 is 0 Å². The molecule has 0 saturated heterocycles. The molecular formula is C60H39NS. The third kappa shape index (κ3) is 6.07. The molecule has 2 heteroatoms. The normalized spacial score (nSPS) is 11.5. The fourth-order valence-electron chi connectivity index (χ4n) is 9.58. The zero-order chi connectivity index (χ0) is 41.0. The lowest BCUT2D eigenvalue weighted by Gasteiger charge is -2.31. The van der Waals surface area contributed by atoms with E-state index in [1.807, 2.05) is 11.3 Å². The van der Waals surface area contributed by atoms with Crippen LogP contribution in [-0.2, 0) is 0 Å². The van der Waals surface area contributed by atoms with Gasteiger partial charge in [-0.1, -0.05) is 206 Å². The van der Waals surface area contributed by atoms with Gasteiger partial charge in [0.05, 0.1) is 5.69 Å². The summed E-state index contributed by atoms with van der Waals surface area (Å²) >= 11 is 1.86. The van der Waals surface area contributed by atoms with Crippen molar-refractivity contribution in [3.63, 3.8) is 0 Å². The molecular weight excluding hydrogens is 767 g/mol. The molecule has 0 aliphatic heterocycles. The van der Waals surface area contributed by atoms with Crippen molar-refractivity contribution in [1.29, 1.82) is 0 Å². The quantitative estimate of drug-likeness (QED) is 0.145. The first-order valence-corrected chi connectivity index (χ1v) is 22.1. The predicted molar refractivity (Wildman–Crippen MR) is 268 cm³/mol. The first-order valence-electron chi connectivity index (χ1n) is 21.3. The highest BCUT2D eigenvalue weighted by Crippen LogP contribution is 2.52. The van der Waals surface area contributed by atoms with E-state index in [4.69, 9.17) is 0 Å².